The first-order valence-corrected chi connectivity index (χ1v) is 15.7. The van der Waals surface area contributed by atoms with Crippen LogP contribution in [0.25, 0.3) is 0 Å². The number of fused-ring (bicyclic) bond motifs is 1. The number of benzene rings is 3. The molecule has 0 saturated carbocycles. The molecule has 0 radical (unpaired) electrons. The van der Waals surface area contributed by atoms with E-state index in [-0.39, 0.29) is 24.5 Å². The van der Waals surface area contributed by atoms with E-state index in [1.807, 2.05) is 60.7 Å². The highest BCUT2D eigenvalue weighted by atomic mass is 32.2. The summed E-state index contributed by atoms with van der Waals surface area (Å²) in [4.78, 5) is 42.7. The van der Waals surface area contributed by atoms with E-state index in [0.29, 0.717) is 22.0 Å². The van der Waals surface area contributed by atoms with Crippen molar-refractivity contribution in [1.82, 2.24) is 30.4 Å². The summed E-state index contributed by atoms with van der Waals surface area (Å²) < 4.78 is 24.8. The Morgan fingerprint density at radius 3 is 2.30 bits per heavy atom. The number of β-lactam (4-membered cyclic amide) rings is 1. The average Bonchev–Trinajstić information content (AvgIpc) is 3.53. The first-order valence-electron chi connectivity index (χ1n) is 14.7. The molecule has 1 N–H and O–H groups in total. The van der Waals surface area contributed by atoms with Crippen LogP contribution < -0.4 is 10.1 Å². The van der Waals surface area contributed by atoms with Crippen molar-refractivity contribution >= 4 is 29.5 Å². The van der Waals surface area contributed by atoms with E-state index in [0.717, 1.165) is 11.1 Å². The van der Waals surface area contributed by atoms with Crippen molar-refractivity contribution in [3.05, 3.63) is 113 Å². The Morgan fingerprint density at radius 1 is 1.02 bits per heavy atom. The van der Waals surface area contributed by atoms with Crippen molar-refractivity contribution in [2.24, 2.45) is 7.05 Å². The fraction of sp³-hybridized carbons (Fsp3) is 0.273. The molecule has 1 fully saturated rings. The largest absolute Gasteiger partial charge is 0.496 e. The number of para-hydroxylation sites is 1. The van der Waals surface area contributed by atoms with Crippen LogP contribution in [-0.2, 0) is 42.1 Å². The van der Waals surface area contributed by atoms with Crippen LogP contribution in [0.15, 0.2) is 101 Å². The number of aromatic nitrogens is 4. The lowest BCUT2D eigenvalue weighted by Gasteiger charge is -2.55. The number of methoxy groups -OCH3 is 2. The number of carbonyl (C=O) groups excluding carboxylic acids is 3. The van der Waals surface area contributed by atoms with E-state index < -0.39 is 35.8 Å². The normalized spacial score (nSPS) is 18.9. The number of aryl methyl sites for hydroxylation is 1. The Kier molecular flexibility index (Phi) is 9.33. The van der Waals surface area contributed by atoms with Gasteiger partial charge in [-0.15, -0.1) is 5.10 Å². The van der Waals surface area contributed by atoms with Crippen molar-refractivity contribution in [2.75, 3.05) is 26.6 Å². The third-order valence-corrected chi connectivity index (χ3v) is 8.98. The van der Waals surface area contributed by atoms with Crippen LogP contribution in [0.1, 0.15) is 22.8 Å². The van der Waals surface area contributed by atoms with Gasteiger partial charge >= 0.3 is 5.97 Å². The second-order valence-corrected chi connectivity index (χ2v) is 11.7. The zero-order chi connectivity index (χ0) is 33.0. The molecule has 0 unspecified atom stereocenters. The zero-order valence-corrected chi connectivity index (χ0v) is 26.7. The van der Waals surface area contributed by atoms with Gasteiger partial charge in [0.2, 0.25) is 11.1 Å². The summed E-state index contributed by atoms with van der Waals surface area (Å²) in [6.45, 7) is -0.0496. The number of amides is 2. The molecule has 4 aromatic rings. The second kappa shape index (κ2) is 13.7. The molecule has 2 aliphatic heterocycles. The molecule has 0 bridgehead atoms. The highest BCUT2D eigenvalue weighted by Crippen LogP contribution is 2.42. The van der Waals surface area contributed by atoms with Gasteiger partial charge in [0.1, 0.15) is 11.4 Å². The van der Waals surface area contributed by atoms with Crippen molar-refractivity contribution in [2.45, 2.75) is 29.6 Å². The lowest BCUT2D eigenvalue weighted by Crippen LogP contribution is -2.82. The van der Waals surface area contributed by atoms with Crippen molar-refractivity contribution < 1.29 is 33.3 Å². The van der Waals surface area contributed by atoms with Crippen LogP contribution in [0.4, 0.5) is 0 Å². The Balaban J connectivity index is 1.31. The van der Waals surface area contributed by atoms with E-state index in [1.54, 1.807) is 31.3 Å². The predicted molar refractivity (Wildman–Crippen MR) is 169 cm³/mol. The van der Waals surface area contributed by atoms with Gasteiger partial charge in [0, 0.05) is 25.5 Å². The average molecular weight is 657 g/mol. The topological polar surface area (TPSA) is 147 Å². The van der Waals surface area contributed by atoms with Gasteiger partial charge in [-0.05, 0) is 33.2 Å². The van der Waals surface area contributed by atoms with Gasteiger partial charge in [0.05, 0.1) is 20.1 Å². The fourth-order valence-corrected chi connectivity index (χ4v) is 6.40. The van der Waals surface area contributed by atoms with E-state index in [9.17, 15) is 14.4 Å². The van der Waals surface area contributed by atoms with Gasteiger partial charge < -0.3 is 24.3 Å². The van der Waals surface area contributed by atoms with E-state index >= 15 is 0 Å². The molecule has 2 atom stereocenters. The Bertz CT molecular complexity index is 1760. The molecule has 242 valence electrons. The Labute approximate surface area is 274 Å². The molecule has 0 aliphatic carbocycles. The number of rotatable bonds is 12. The summed E-state index contributed by atoms with van der Waals surface area (Å²) in [6, 6.07) is 25.7. The molecular formula is C33H32N6O7S. The smallest absolute Gasteiger partial charge is 0.356 e. The molecule has 2 aliphatic rings. The van der Waals surface area contributed by atoms with Crippen LogP contribution >= 0.6 is 11.8 Å². The molecule has 2 amide bonds. The minimum absolute atomic E-state index is 0.0115. The molecule has 3 aromatic carbocycles. The van der Waals surface area contributed by atoms with Crippen LogP contribution in [-0.4, -0.2) is 81.4 Å². The molecule has 0 spiro atoms. The summed E-state index contributed by atoms with van der Waals surface area (Å²) in [7, 11) is 4.51. The maximum atomic E-state index is 14.2. The number of nitrogens with one attached hydrogen (secondary N) is 1. The van der Waals surface area contributed by atoms with Crippen molar-refractivity contribution in [1.29, 1.82) is 0 Å². The number of nitrogens with zero attached hydrogens (tertiary/aromatic N) is 5. The van der Waals surface area contributed by atoms with Crippen LogP contribution in [0, 0.1) is 0 Å². The van der Waals surface area contributed by atoms with Crippen LogP contribution in [0.3, 0.4) is 0 Å². The summed E-state index contributed by atoms with van der Waals surface area (Å²) in [5.41, 5.74) is 0.760. The van der Waals surface area contributed by atoms with Gasteiger partial charge in [-0.1, -0.05) is 90.6 Å². The van der Waals surface area contributed by atoms with Gasteiger partial charge in [-0.3, -0.25) is 14.5 Å². The lowest BCUT2D eigenvalue weighted by atomic mass is 9.94. The number of esters is 1. The van der Waals surface area contributed by atoms with E-state index in [1.165, 1.54) is 35.6 Å². The van der Waals surface area contributed by atoms with Gasteiger partial charge in [-0.2, -0.15) is 0 Å². The summed E-state index contributed by atoms with van der Waals surface area (Å²) in [5, 5.41) is 14.7. The third kappa shape index (κ3) is 6.22. The Morgan fingerprint density at radius 2 is 1.68 bits per heavy atom. The van der Waals surface area contributed by atoms with Crippen molar-refractivity contribution in [3.63, 3.8) is 0 Å². The van der Waals surface area contributed by atoms with Crippen LogP contribution in [0.2, 0.25) is 0 Å². The zero-order valence-electron chi connectivity index (χ0n) is 25.9. The monoisotopic (exact) mass is 656 g/mol. The minimum Gasteiger partial charge on any atom is -0.496 e. The first kappa shape index (κ1) is 31.9. The number of thioether (sulfide) groups is 1. The molecule has 1 aromatic heterocycles. The molecular weight excluding hydrogens is 624 g/mol. The first-order chi connectivity index (χ1) is 22.9. The molecule has 6 rings (SSSR count). The molecule has 1 saturated heterocycles. The van der Waals surface area contributed by atoms with Crippen molar-refractivity contribution in [3.8, 4) is 5.75 Å². The second-order valence-electron chi connectivity index (χ2n) is 10.7. The van der Waals surface area contributed by atoms with Gasteiger partial charge in [-0.25, -0.2) is 9.48 Å². The Hall–Kier alpha value is -5.05. The molecule has 3 heterocycles. The maximum absolute atomic E-state index is 14.2. The highest BCUT2D eigenvalue weighted by molar-refractivity contribution is 7.99. The number of hydrogen-bond donors (Lipinski definition) is 1. The van der Waals surface area contributed by atoms with Crippen LogP contribution in [0.5, 0.6) is 5.75 Å². The van der Waals surface area contributed by atoms with Gasteiger partial charge in [0.25, 0.3) is 11.6 Å². The third-order valence-electron chi connectivity index (χ3n) is 7.88. The van der Waals surface area contributed by atoms with E-state index in [2.05, 4.69) is 20.8 Å². The lowest BCUT2D eigenvalue weighted by molar-refractivity contribution is -0.258. The highest BCUT2D eigenvalue weighted by Gasteiger charge is 2.67. The van der Waals surface area contributed by atoms with E-state index in [4.69, 9.17) is 18.9 Å². The number of tetrazole rings is 1. The summed E-state index contributed by atoms with van der Waals surface area (Å²) in [6.07, 6.45) is -1.98. The fourth-order valence-electron chi connectivity index (χ4n) is 5.56. The van der Waals surface area contributed by atoms with Gasteiger partial charge in [0.15, 0.2) is 12.3 Å². The standard InChI is InChI=1S/C33H32N6O7S/c1-38-32(35-36-37-38)47-20-24-19-45-31-33(44-3,34-26(40)18-23-16-10-11-17-25(23)43-2)30(42)39(31)27(24)29(41)46-28(21-12-6-4-7-13-21)22-14-8-5-9-15-22/h4-17,28,31H,18-20H2,1-3H3,(H,34,40)/t31-,33+/m1/s1. The minimum atomic E-state index is -1.87. The summed E-state index contributed by atoms with van der Waals surface area (Å²) in [5.74, 6) is -1.16. The molecule has 13 nitrogen and oxygen atoms in total. The molecule has 14 heteroatoms. The number of carbonyl (C=O) groups is 3. The predicted octanol–water partition coefficient (Wildman–Crippen LogP) is 2.80. The molecule has 47 heavy (non-hydrogen) atoms. The quantitative estimate of drug-likeness (QED) is 0.104. The maximum Gasteiger partial charge on any atom is 0.356 e. The SMILES string of the molecule is COc1ccccc1CC(=O)N[C@]1(OC)C(=O)N2C(C(=O)OC(c3ccccc3)c3ccccc3)=C(CSc3nnnn3C)CO[C@@H]21. The summed E-state index contributed by atoms with van der Waals surface area (Å²) >= 11 is 1.27. The number of hydrogen-bond acceptors (Lipinski definition) is 11. The number of ether oxygens (including phenoxy) is 4.